The van der Waals surface area contributed by atoms with E-state index in [1.807, 2.05) is 4.90 Å². The number of ether oxygens (including phenoxy) is 1. The second-order valence-electron chi connectivity index (χ2n) is 10.3. The highest BCUT2D eigenvalue weighted by atomic mass is 35.5. The van der Waals surface area contributed by atoms with Crippen molar-refractivity contribution in [1.82, 2.24) is 15.3 Å². The van der Waals surface area contributed by atoms with Crippen molar-refractivity contribution < 1.29 is 32.6 Å². The van der Waals surface area contributed by atoms with Gasteiger partial charge in [-0.2, -0.15) is 23.1 Å². The fourth-order valence-electron chi connectivity index (χ4n) is 5.64. The lowest BCUT2D eigenvalue weighted by molar-refractivity contribution is -0.198. The number of nitrogen functional groups attached to an aromatic ring is 1. The van der Waals surface area contributed by atoms with E-state index in [0.717, 1.165) is 0 Å². The average Bonchev–Trinajstić information content (AvgIpc) is 3.49. The molecule has 3 saturated heterocycles. The van der Waals surface area contributed by atoms with Gasteiger partial charge in [-0.25, -0.2) is 0 Å². The number of carboxylic acid groups (broad SMARTS) is 1. The van der Waals surface area contributed by atoms with Gasteiger partial charge >= 0.3 is 12.1 Å². The van der Waals surface area contributed by atoms with E-state index < -0.39 is 24.3 Å². The van der Waals surface area contributed by atoms with Crippen LogP contribution >= 0.6 is 11.6 Å². The van der Waals surface area contributed by atoms with Crippen molar-refractivity contribution in [2.75, 3.05) is 41.7 Å². The molecule has 0 radical (unpaired) electrons. The molecule has 4 heterocycles. The molecular formula is C25H28ClF3N6O4. The Kier molecular flexibility index (Phi) is 7.23. The van der Waals surface area contributed by atoms with Crippen LogP contribution in [-0.2, 0) is 9.59 Å². The minimum atomic E-state index is -4.85. The van der Waals surface area contributed by atoms with Crippen molar-refractivity contribution in [2.45, 2.75) is 50.4 Å². The quantitative estimate of drug-likeness (QED) is 0.478. The van der Waals surface area contributed by atoms with Gasteiger partial charge in [0.15, 0.2) is 0 Å². The largest absolute Gasteiger partial charge is 0.480 e. The lowest BCUT2D eigenvalue weighted by Crippen LogP contribution is -2.41. The second kappa shape index (κ2) is 10.3. The summed E-state index contributed by atoms with van der Waals surface area (Å²) >= 11 is 6.08. The zero-order valence-corrected chi connectivity index (χ0v) is 21.6. The standard InChI is InChI=1S/C25H28ClF3N6O4/c26-14-3-4-15(17(10-14)35-7-1-2-20(35)36)21(25(27,28)29)39-19-11-18(32-23(30)33-19)34-8-5-24(6-9-34)12-16(22(37)38)31-13-24/h3-4,10-11,16,21,31H,1-2,5-9,12-13H2,(H,37,38)(H2,30,32,33)/t16?,21-/m1/s1. The summed E-state index contributed by atoms with van der Waals surface area (Å²) in [6.45, 7) is 1.91. The van der Waals surface area contributed by atoms with E-state index in [4.69, 9.17) is 22.1 Å². The minimum Gasteiger partial charge on any atom is -0.480 e. The highest BCUT2D eigenvalue weighted by Crippen LogP contribution is 2.44. The zero-order valence-electron chi connectivity index (χ0n) is 20.9. The lowest BCUT2D eigenvalue weighted by Gasteiger charge is -2.39. The molecule has 3 aliphatic heterocycles. The normalized spacial score (nSPS) is 21.9. The lowest BCUT2D eigenvalue weighted by atomic mass is 9.76. The molecule has 210 valence electrons. The average molecular weight is 569 g/mol. The number of hydrogen-bond donors (Lipinski definition) is 3. The Morgan fingerprint density at radius 3 is 2.59 bits per heavy atom. The molecule has 14 heteroatoms. The number of carbonyl (C=O) groups excluding carboxylic acids is 1. The summed E-state index contributed by atoms with van der Waals surface area (Å²) in [5.74, 6) is -1.45. The minimum absolute atomic E-state index is 0.0424. The number of benzene rings is 1. The van der Waals surface area contributed by atoms with Crippen LogP contribution in [0.5, 0.6) is 5.88 Å². The number of nitrogens with one attached hydrogen (secondary N) is 1. The molecule has 1 aromatic heterocycles. The number of carboxylic acids is 1. The molecule has 1 aromatic carbocycles. The molecule has 2 atom stereocenters. The third-order valence-corrected chi connectivity index (χ3v) is 7.92. The first-order valence-corrected chi connectivity index (χ1v) is 13.0. The number of amides is 1. The number of aliphatic carboxylic acids is 1. The number of rotatable bonds is 6. The summed E-state index contributed by atoms with van der Waals surface area (Å²) < 4.78 is 48.6. The fourth-order valence-corrected chi connectivity index (χ4v) is 5.80. The molecule has 4 N–H and O–H groups in total. The fraction of sp³-hybridized carbons (Fsp3) is 0.520. The first-order chi connectivity index (χ1) is 18.4. The van der Waals surface area contributed by atoms with Crippen molar-refractivity contribution in [3.63, 3.8) is 0 Å². The maximum Gasteiger partial charge on any atom is 0.429 e. The van der Waals surface area contributed by atoms with Crippen LogP contribution in [0.2, 0.25) is 5.02 Å². The predicted octanol–water partition coefficient (Wildman–Crippen LogP) is 3.55. The number of aromatic nitrogens is 2. The first-order valence-electron chi connectivity index (χ1n) is 12.6. The van der Waals surface area contributed by atoms with Crippen molar-refractivity contribution in [1.29, 1.82) is 0 Å². The molecule has 1 spiro atoms. The van der Waals surface area contributed by atoms with Crippen molar-refractivity contribution in [2.24, 2.45) is 5.41 Å². The van der Waals surface area contributed by atoms with Gasteiger partial charge in [-0.05, 0) is 43.2 Å². The van der Waals surface area contributed by atoms with Gasteiger partial charge in [0, 0.05) is 49.3 Å². The monoisotopic (exact) mass is 568 g/mol. The molecule has 1 unspecified atom stereocenters. The number of nitrogens with zero attached hydrogens (tertiary/aromatic N) is 4. The zero-order chi connectivity index (χ0) is 27.9. The maximum absolute atomic E-state index is 14.4. The van der Waals surface area contributed by atoms with Crippen LogP contribution in [-0.4, -0.2) is 65.3 Å². The highest BCUT2D eigenvalue weighted by Gasteiger charge is 2.46. The van der Waals surface area contributed by atoms with Gasteiger partial charge in [0.1, 0.15) is 11.9 Å². The summed E-state index contributed by atoms with van der Waals surface area (Å²) in [5.41, 5.74) is 5.49. The Bertz CT molecular complexity index is 1270. The summed E-state index contributed by atoms with van der Waals surface area (Å²) in [4.78, 5) is 35.0. The number of alkyl halides is 3. The van der Waals surface area contributed by atoms with Gasteiger partial charge in [-0.15, -0.1) is 0 Å². The summed E-state index contributed by atoms with van der Waals surface area (Å²) in [6.07, 6.45) is -4.63. The third-order valence-electron chi connectivity index (χ3n) is 7.69. The summed E-state index contributed by atoms with van der Waals surface area (Å²) in [5, 5.41) is 12.6. The first kappa shape index (κ1) is 27.3. The number of hydrogen-bond acceptors (Lipinski definition) is 8. The molecule has 2 aromatic rings. The summed E-state index contributed by atoms with van der Waals surface area (Å²) in [6, 6.07) is 4.59. The van der Waals surface area contributed by atoms with Gasteiger partial charge in [0.2, 0.25) is 23.8 Å². The van der Waals surface area contributed by atoms with Crippen molar-refractivity contribution in [3.05, 3.63) is 34.9 Å². The van der Waals surface area contributed by atoms with Gasteiger partial charge in [0.05, 0.1) is 5.69 Å². The molecule has 3 fully saturated rings. The summed E-state index contributed by atoms with van der Waals surface area (Å²) in [7, 11) is 0. The Labute approximate surface area is 227 Å². The molecule has 0 saturated carbocycles. The number of halogens is 4. The Morgan fingerprint density at radius 2 is 1.97 bits per heavy atom. The van der Waals surface area contributed by atoms with Crippen LogP contribution < -0.4 is 25.6 Å². The second-order valence-corrected chi connectivity index (χ2v) is 10.7. The Morgan fingerprint density at radius 1 is 1.23 bits per heavy atom. The number of carbonyl (C=O) groups is 2. The van der Waals surface area contributed by atoms with E-state index in [2.05, 4.69) is 15.3 Å². The van der Waals surface area contributed by atoms with E-state index in [0.29, 0.717) is 51.1 Å². The predicted molar refractivity (Wildman–Crippen MR) is 137 cm³/mol. The number of piperidine rings is 1. The number of anilines is 3. The molecule has 0 bridgehead atoms. The maximum atomic E-state index is 14.4. The molecule has 3 aliphatic rings. The molecular weight excluding hydrogens is 541 g/mol. The van der Waals surface area contributed by atoms with Crippen LogP contribution in [0.1, 0.15) is 43.8 Å². The van der Waals surface area contributed by atoms with E-state index in [-0.39, 0.29) is 52.4 Å². The van der Waals surface area contributed by atoms with Crippen LogP contribution in [0.25, 0.3) is 0 Å². The topological polar surface area (TPSA) is 134 Å². The van der Waals surface area contributed by atoms with Gasteiger partial charge in [0.25, 0.3) is 0 Å². The van der Waals surface area contributed by atoms with E-state index in [9.17, 15) is 27.9 Å². The molecule has 10 nitrogen and oxygen atoms in total. The van der Waals surface area contributed by atoms with E-state index in [1.165, 1.54) is 29.2 Å². The number of nitrogens with two attached hydrogens (primary N) is 1. The SMILES string of the molecule is Nc1nc(O[C@H](c2ccc(Cl)cc2N2CCCC2=O)C(F)(F)F)cc(N2CCC3(CC2)CNC(C(=O)O)C3)n1. The van der Waals surface area contributed by atoms with Gasteiger partial charge in [-0.1, -0.05) is 17.7 Å². The van der Waals surface area contributed by atoms with Crippen LogP contribution in [0.4, 0.5) is 30.6 Å². The molecule has 1 amide bonds. The van der Waals surface area contributed by atoms with Crippen molar-refractivity contribution in [3.8, 4) is 5.88 Å². The molecule has 0 aliphatic carbocycles. The Balaban J connectivity index is 1.39. The van der Waals surface area contributed by atoms with E-state index in [1.54, 1.807) is 0 Å². The van der Waals surface area contributed by atoms with Gasteiger partial charge < -0.3 is 30.7 Å². The van der Waals surface area contributed by atoms with E-state index >= 15 is 0 Å². The van der Waals surface area contributed by atoms with Crippen LogP contribution in [0.3, 0.4) is 0 Å². The molecule has 39 heavy (non-hydrogen) atoms. The smallest absolute Gasteiger partial charge is 0.429 e. The molecule has 5 rings (SSSR count). The van der Waals surface area contributed by atoms with Crippen LogP contribution in [0, 0.1) is 5.41 Å². The van der Waals surface area contributed by atoms with Gasteiger partial charge in [-0.3, -0.25) is 9.59 Å². The Hall–Kier alpha value is -3.32. The highest BCUT2D eigenvalue weighted by molar-refractivity contribution is 6.31. The van der Waals surface area contributed by atoms with Crippen LogP contribution in [0.15, 0.2) is 24.3 Å². The third kappa shape index (κ3) is 5.69. The van der Waals surface area contributed by atoms with Crippen molar-refractivity contribution >= 4 is 40.9 Å².